The van der Waals surface area contributed by atoms with E-state index in [1.165, 1.54) is 0 Å². The topological polar surface area (TPSA) is 110 Å². The van der Waals surface area contributed by atoms with Crippen LogP contribution in [0, 0.1) is 0 Å². The third kappa shape index (κ3) is 3.81. The first kappa shape index (κ1) is 20.1. The van der Waals surface area contributed by atoms with E-state index < -0.39 is 0 Å². The second kappa shape index (κ2) is 8.35. The van der Waals surface area contributed by atoms with Gasteiger partial charge in [-0.15, -0.1) is 11.3 Å². The predicted molar refractivity (Wildman–Crippen MR) is 120 cm³/mol. The molecule has 31 heavy (non-hydrogen) atoms. The summed E-state index contributed by atoms with van der Waals surface area (Å²) in [6, 6.07) is 2.13. The molecule has 0 aromatic carbocycles. The van der Waals surface area contributed by atoms with Gasteiger partial charge >= 0.3 is 0 Å². The van der Waals surface area contributed by atoms with Gasteiger partial charge in [-0.2, -0.15) is 0 Å². The Morgan fingerprint density at radius 2 is 2.13 bits per heavy atom. The number of amides is 1. The minimum absolute atomic E-state index is 0.0277. The van der Waals surface area contributed by atoms with Crippen molar-refractivity contribution in [3.63, 3.8) is 0 Å². The Hall–Kier alpha value is -2.85. The number of thiophene rings is 1. The summed E-state index contributed by atoms with van der Waals surface area (Å²) in [4.78, 5) is 34.4. The van der Waals surface area contributed by atoms with E-state index in [0.717, 1.165) is 47.5 Å². The number of hydrogen-bond donors (Lipinski definition) is 1. The largest absolute Gasteiger partial charge is 0.372 e. The lowest BCUT2D eigenvalue weighted by atomic mass is 10.1. The van der Waals surface area contributed by atoms with Gasteiger partial charge < -0.3 is 20.3 Å². The summed E-state index contributed by atoms with van der Waals surface area (Å²) in [5.74, 6) is 1.90. The van der Waals surface area contributed by atoms with E-state index in [9.17, 15) is 4.79 Å². The van der Waals surface area contributed by atoms with Crippen LogP contribution in [0.5, 0.6) is 0 Å². The zero-order chi connectivity index (χ0) is 21.4. The zero-order valence-electron chi connectivity index (χ0n) is 17.4. The molecule has 2 N–H and O–H groups in total. The Labute approximate surface area is 184 Å². The van der Waals surface area contributed by atoms with Gasteiger partial charge in [0.2, 0.25) is 11.9 Å². The Bertz CT molecular complexity index is 1090. The van der Waals surface area contributed by atoms with E-state index in [-0.39, 0.29) is 24.0 Å². The van der Waals surface area contributed by atoms with E-state index in [4.69, 9.17) is 20.4 Å². The van der Waals surface area contributed by atoms with Crippen molar-refractivity contribution in [1.29, 1.82) is 0 Å². The molecule has 9 nitrogen and oxygen atoms in total. The van der Waals surface area contributed by atoms with Crippen molar-refractivity contribution in [1.82, 2.24) is 24.8 Å². The average Bonchev–Trinajstić information content (AvgIpc) is 3.48. The maximum Gasteiger partial charge on any atom is 0.222 e. The fraction of sp³-hybridized carbons (Fsp3) is 0.476. The third-order valence-electron chi connectivity index (χ3n) is 5.96. The molecule has 5 rings (SSSR count). The normalized spacial score (nSPS) is 21.7. The first-order valence-electron chi connectivity index (χ1n) is 10.6. The number of morpholine rings is 1. The molecule has 10 heteroatoms. The van der Waals surface area contributed by atoms with E-state index in [0.29, 0.717) is 25.4 Å². The number of carbonyl (C=O) groups excluding carboxylic acids is 1. The van der Waals surface area contributed by atoms with Crippen LogP contribution in [0.4, 0.5) is 11.8 Å². The summed E-state index contributed by atoms with van der Waals surface area (Å²) in [6.45, 7) is 4.78. The zero-order valence-corrected chi connectivity index (χ0v) is 18.2. The SMILES string of the molecule is CCC(=O)N1CCCC1C1CN(c2nc(-c3cnc(N)nc3)nc3ccsc23)CCO1. The Kier molecular flexibility index (Phi) is 5.41. The van der Waals surface area contributed by atoms with E-state index in [2.05, 4.69) is 14.9 Å². The lowest BCUT2D eigenvalue weighted by Gasteiger charge is -2.39. The molecule has 3 aromatic heterocycles. The van der Waals surface area contributed by atoms with Crippen LogP contribution in [0.15, 0.2) is 23.8 Å². The quantitative estimate of drug-likeness (QED) is 0.660. The van der Waals surface area contributed by atoms with Gasteiger partial charge in [-0.3, -0.25) is 4.79 Å². The molecular formula is C21H25N7O2S. The average molecular weight is 440 g/mol. The number of rotatable bonds is 4. The molecule has 2 saturated heterocycles. The van der Waals surface area contributed by atoms with Crippen LogP contribution in [0.3, 0.4) is 0 Å². The number of anilines is 2. The van der Waals surface area contributed by atoms with Crippen LogP contribution in [0.2, 0.25) is 0 Å². The van der Waals surface area contributed by atoms with Gasteiger partial charge in [-0.1, -0.05) is 6.92 Å². The standard InChI is InChI=1S/C21H25N7O2S/c1-2-17(29)28-6-3-4-15(28)16-12-27(7-8-30-16)20-18-14(5-9-31-18)25-19(26-20)13-10-23-21(22)24-11-13/h5,9-11,15-16H,2-4,6-8,12H2,1H3,(H2,22,23,24). The molecule has 2 fully saturated rings. The first-order valence-corrected chi connectivity index (χ1v) is 11.5. The van der Waals surface area contributed by atoms with Gasteiger partial charge in [-0.05, 0) is 24.3 Å². The van der Waals surface area contributed by atoms with Crippen molar-refractivity contribution in [2.75, 3.05) is 36.9 Å². The maximum atomic E-state index is 12.4. The third-order valence-corrected chi connectivity index (χ3v) is 6.86. The van der Waals surface area contributed by atoms with E-state index in [1.54, 1.807) is 23.7 Å². The molecule has 2 aliphatic heterocycles. The molecule has 0 radical (unpaired) electrons. The number of fused-ring (bicyclic) bond motifs is 1. The van der Waals surface area contributed by atoms with Crippen molar-refractivity contribution in [3.8, 4) is 11.4 Å². The highest BCUT2D eigenvalue weighted by Gasteiger charge is 2.37. The number of nitrogens with zero attached hydrogens (tertiary/aromatic N) is 6. The molecule has 2 aliphatic rings. The van der Waals surface area contributed by atoms with Crippen LogP contribution in [-0.2, 0) is 9.53 Å². The molecule has 162 valence electrons. The molecule has 2 unspecified atom stereocenters. The second-order valence-electron chi connectivity index (χ2n) is 7.84. The van der Waals surface area contributed by atoms with Crippen molar-refractivity contribution in [3.05, 3.63) is 23.8 Å². The summed E-state index contributed by atoms with van der Waals surface area (Å²) in [5, 5.41) is 2.03. The highest BCUT2D eigenvalue weighted by Crippen LogP contribution is 2.33. The van der Waals surface area contributed by atoms with E-state index in [1.807, 2.05) is 23.3 Å². The molecule has 0 spiro atoms. The molecule has 1 amide bonds. The first-order chi connectivity index (χ1) is 15.1. The van der Waals surface area contributed by atoms with E-state index >= 15 is 0 Å². The number of nitrogens with two attached hydrogens (primary N) is 1. The van der Waals surface area contributed by atoms with Crippen molar-refractivity contribution in [2.24, 2.45) is 0 Å². The molecule has 0 bridgehead atoms. The summed E-state index contributed by atoms with van der Waals surface area (Å²) < 4.78 is 7.20. The minimum Gasteiger partial charge on any atom is -0.372 e. The summed E-state index contributed by atoms with van der Waals surface area (Å²) in [7, 11) is 0. The smallest absolute Gasteiger partial charge is 0.222 e. The number of likely N-dealkylation sites (tertiary alicyclic amines) is 1. The van der Waals surface area contributed by atoms with Gasteiger partial charge in [0.05, 0.1) is 34.5 Å². The molecule has 0 saturated carbocycles. The predicted octanol–water partition coefficient (Wildman–Crippen LogP) is 2.34. The Balaban J connectivity index is 1.46. The van der Waals surface area contributed by atoms with Crippen LogP contribution >= 0.6 is 11.3 Å². The van der Waals surface area contributed by atoms with Gasteiger partial charge in [0.1, 0.15) is 0 Å². The summed E-state index contributed by atoms with van der Waals surface area (Å²) in [5.41, 5.74) is 7.25. The molecule has 5 heterocycles. The van der Waals surface area contributed by atoms with Crippen molar-refractivity contribution < 1.29 is 9.53 Å². The highest BCUT2D eigenvalue weighted by atomic mass is 32.1. The molecular weight excluding hydrogens is 414 g/mol. The monoisotopic (exact) mass is 439 g/mol. The number of carbonyl (C=O) groups is 1. The van der Waals surface area contributed by atoms with Gasteiger partial charge in [0.15, 0.2) is 11.6 Å². The second-order valence-corrected chi connectivity index (χ2v) is 8.76. The van der Waals surface area contributed by atoms with Gasteiger partial charge in [-0.25, -0.2) is 19.9 Å². The van der Waals surface area contributed by atoms with Crippen LogP contribution < -0.4 is 10.6 Å². The van der Waals surface area contributed by atoms with Crippen LogP contribution in [0.1, 0.15) is 26.2 Å². The molecule has 3 aromatic rings. The fourth-order valence-electron chi connectivity index (χ4n) is 4.44. The van der Waals surface area contributed by atoms with Crippen molar-refractivity contribution in [2.45, 2.75) is 38.3 Å². The van der Waals surface area contributed by atoms with Gasteiger partial charge in [0, 0.05) is 38.4 Å². The van der Waals surface area contributed by atoms with Crippen LogP contribution in [0.25, 0.3) is 21.6 Å². The Morgan fingerprint density at radius 1 is 1.29 bits per heavy atom. The maximum absolute atomic E-state index is 12.4. The van der Waals surface area contributed by atoms with Crippen LogP contribution in [-0.4, -0.2) is 69.1 Å². The number of aromatic nitrogens is 4. The molecule has 0 aliphatic carbocycles. The Morgan fingerprint density at radius 3 is 2.94 bits per heavy atom. The van der Waals surface area contributed by atoms with Crippen molar-refractivity contribution >= 4 is 39.2 Å². The fourth-order valence-corrected chi connectivity index (χ4v) is 5.28. The number of ether oxygens (including phenoxy) is 1. The molecule has 2 atom stereocenters. The lowest BCUT2D eigenvalue weighted by molar-refractivity contribution is -0.135. The summed E-state index contributed by atoms with van der Waals surface area (Å²) >= 11 is 1.63. The van der Waals surface area contributed by atoms with Gasteiger partial charge in [0.25, 0.3) is 0 Å². The highest BCUT2D eigenvalue weighted by molar-refractivity contribution is 7.17. The minimum atomic E-state index is -0.0277. The number of hydrogen-bond acceptors (Lipinski definition) is 9. The summed E-state index contributed by atoms with van der Waals surface area (Å²) in [6.07, 6.45) is 5.81. The lowest BCUT2D eigenvalue weighted by Crippen LogP contribution is -2.53. The number of nitrogen functional groups attached to an aromatic ring is 1.